The largest absolute Gasteiger partial charge is 0.337 e. The Morgan fingerprint density at radius 1 is 1.11 bits per heavy atom. The van der Waals surface area contributed by atoms with Crippen molar-refractivity contribution in [3.05, 3.63) is 58.9 Å². The molecule has 4 nitrogen and oxygen atoms in total. The number of piperidine rings is 1. The monoisotopic (exact) mass is 397 g/mol. The second-order valence-electron chi connectivity index (χ2n) is 7.41. The van der Waals surface area contributed by atoms with E-state index in [1.54, 1.807) is 12.1 Å². The lowest BCUT2D eigenvalue weighted by atomic mass is 9.89. The van der Waals surface area contributed by atoms with Gasteiger partial charge < -0.3 is 4.90 Å². The minimum atomic E-state index is -4.38. The molecule has 8 heteroatoms. The van der Waals surface area contributed by atoms with Gasteiger partial charge >= 0.3 is 0 Å². The summed E-state index contributed by atoms with van der Waals surface area (Å²) in [7, 11) is -2.33. The van der Waals surface area contributed by atoms with Crippen molar-refractivity contribution in [2.45, 2.75) is 30.2 Å². The average molecular weight is 397 g/mol. The van der Waals surface area contributed by atoms with E-state index in [2.05, 4.69) is 7.05 Å². The molecule has 2 heterocycles. The number of sulfonamides is 1. The maximum atomic E-state index is 14.3. The third kappa shape index (κ3) is 2.73. The second-order valence-corrected chi connectivity index (χ2v) is 9.19. The molecule has 0 aromatic heterocycles. The fraction of sp³-hybridized carbons (Fsp3) is 0.368. The molecule has 0 saturated carbocycles. The van der Waals surface area contributed by atoms with Crippen LogP contribution in [0.2, 0.25) is 0 Å². The van der Waals surface area contributed by atoms with Gasteiger partial charge in [0, 0.05) is 6.42 Å². The standard InChI is InChI=1S/C19H19F3N2O2S/c1-11-3-5-15-12(9-11)13-10-23(2)8-7-16(13)24(15)27(25,26)17-6-4-14(20)18(21)19(17)22/h3-6,9,13,16H,7-8,10H2,1-2H3/p+1/t13-,16+/m1/s1. The molecule has 0 bridgehead atoms. The summed E-state index contributed by atoms with van der Waals surface area (Å²) in [4.78, 5) is 0.460. The SMILES string of the molecule is Cc1ccc2c(c1)[C@H]1C[NH+](C)CC[C@@H]1N2S(=O)(=O)c1ccc(F)c(F)c1F. The number of likely N-dealkylation sites (tertiary alicyclic amines) is 1. The molecule has 2 aliphatic rings. The molecular formula is C19H20F3N2O2S+. The lowest BCUT2D eigenvalue weighted by Crippen LogP contribution is -3.11. The van der Waals surface area contributed by atoms with E-state index in [9.17, 15) is 21.6 Å². The number of anilines is 1. The number of aryl methyl sites for hydroxylation is 1. The molecule has 2 aromatic rings. The van der Waals surface area contributed by atoms with Crippen LogP contribution in [-0.2, 0) is 10.0 Å². The van der Waals surface area contributed by atoms with Crippen LogP contribution in [-0.4, -0.2) is 34.6 Å². The Balaban J connectivity index is 1.89. The van der Waals surface area contributed by atoms with E-state index in [0.29, 0.717) is 18.2 Å². The number of rotatable bonds is 2. The van der Waals surface area contributed by atoms with E-state index >= 15 is 0 Å². The van der Waals surface area contributed by atoms with Crippen molar-refractivity contribution >= 4 is 15.7 Å². The van der Waals surface area contributed by atoms with Crippen molar-refractivity contribution in [2.75, 3.05) is 24.4 Å². The number of quaternary nitrogens is 1. The van der Waals surface area contributed by atoms with Crippen molar-refractivity contribution in [2.24, 2.45) is 0 Å². The predicted octanol–water partition coefficient (Wildman–Crippen LogP) is 1.99. The lowest BCUT2D eigenvalue weighted by Gasteiger charge is -2.34. The van der Waals surface area contributed by atoms with Crippen molar-refractivity contribution in [3.8, 4) is 0 Å². The molecule has 3 atom stereocenters. The molecule has 1 unspecified atom stereocenters. The number of hydrogen-bond acceptors (Lipinski definition) is 2. The van der Waals surface area contributed by atoms with Crippen LogP contribution in [0.15, 0.2) is 35.2 Å². The molecule has 0 spiro atoms. The van der Waals surface area contributed by atoms with Crippen LogP contribution in [0.25, 0.3) is 0 Å². The first kappa shape index (κ1) is 18.3. The number of nitrogens with one attached hydrogen (secondary N) is 1. The van der Waals surface area contributed by atoms with E-state index in [-0.39, 0.29) is 12.0 Å². The van der Waals surface area contributed by atoms with Crippen molar-refractivity contribution in [1.29, 1.82) is 0 Å². The van der Waals surface area contributed by atoms with Gasteiger partial charge in [-0.3, -0.25) is 4.31 Å². The molecule has 4 rings (SSSR count). The van der Waals surface area contributed by atoms with Gasteiger partial charge in [-0.2, -0.15) is 0 Å². The summed E-state index contributed by atoms with van der Waals surface area (Å²) in [6.07, 6.45) is 0.606. The Hall–Kier alpha value is -2.06. The molecule has 27 heavy (non-hydrogen) atoms. The highest BCUT2D eigenvalue weighted by atomic mass is 32.2. The van der Waals surface area contributed by atoms with Gasteiger partial charge in [0.15, 0.2) is 17.5 Å². The van der Waals surface area contributed by atoms with Crippen LogP contribution in [0.4, 0.5) is 18.9 Å². The maximum absolute atomic E-state index is 14.3. The Morgan fingerprint density at radius 3 is 2.59 bits per heavy atom. The van der Waals surface area contributed by atoms with E-state index in [1.807, 2.05) is 13.0 Å². The van der Waals surface area contributed by atoms with Gasteiger partial charge in [-0.05, 0) is 30.7 Å². The van der Waals surface area contributed by atoms with E-state index in [0.717, 1.165) is 30.3 Å². The topological polar surface area (TPSA) is 41.8 Å². The summed E-state index contributed by atoms with van der Waals surface area (Å²) >= 11 is 0. The first-order chi connectivity index (χ1) is 12.7. The molecule has 0 aliphatic carbocycles. The Kier molecular flexibility index (Phi) is 4.23. The summed E-state index contributed by atoms with van der Waals surface area (Å²) in [6, 6.07) is 6.56. The molecular weight excluding hydrogens is 377 g/mol. The molecule has 0 radical (unpaired) electrons. The quantitative estimate of drug-likeness (QED) is 0.788. The van der Waals surface area contributed by atoms with Crippen LogP contribution in [0.1, 0.15) is 23.5 Å². The van der Waals surface area contributed by atoms with Gasteiger partial charge in [-0.15, -0.1) is 0 Å². The third-order valence-corrected chi connectivity index (χ3v) is 7.41. The highest BCUT2D eigenvalue weighted by Gasteiger charge is 2.49. The third-order valence-electron chi connectivity index (χ3n) is 5.56. The van der Waals surface area contributed by atoms with Gasteiger partial charge in [-0.25, -0.2) is 21.6 Å². The molecule has 1 saturated heterocycles. The second kappa shape index (κ2) is 6.24. The summed E-state index contributed by atoms with van der Waals surface area (Å²) in [5.74, 6) is -4.88. The van der Waals surface area contributed by atoms with Crippen molar-refractivity contribution in [1.82, 2.24) is 0 Å². The minimum absolute atomic E-state index is 0.0169. The minimum Gasteiger partial charge on any atom is -0.337 e. The zero-order valence-corrected chi connectivity index (χ0v) is 15.8. The Bertz CT molecular complexity index is 1030. The van der Waals surface area contributed by atoms with E-state index in [1.165, 1.54) is 9.21 Å². The highest BCUT2D eigenvalue weighted by Crippen LogP contribution is 2.46. The van der Waals surface area contributed by atoms with Crippen molar-refractivity contribution < 1.29 is 26.5 Å². The van der Waals surface area contributed by atoms with Gasteiger partial charge in [0.25, 0.3) is 10.0 Å². The number of halogens is 3. The molecule has 1 N–H and O–H groups in total. The van der Waals surface area contributed by atoms with Gasteiger partial charge in [0.05, 0.1) is 37.8 Å². The van der Waals surface area contributed by atoms with E-state index < -0.39 is 32.4 Å². The number of fused-ring (bicyclic) bond motifs is 3. The van der Waals surface area contributed by atoms with Gasteiger partial charge in [-0.1, -0.05) is 17.7 Å². The molecule has 2 aliphatic heterocycles. The number of nitrogens with zero attached hydrogens (tertiary/aromatic N) is 1. The summed E-state index contributed by atoms with van der Waals surface area (Å²) in [5.41, 5.74) is 2.41. The lowest BCUT2D eigenvalue weighted by molar-refractivity contribution is -0.886. The normalized spacial score (nSPS) is 24.6. The first-order valence-electron chi connectivity index (χ1n) is 8.81. The van der Waals surface area contributed by atoms with Crippen LogP contribution < -0.4 is 9.21 Å². The Morgan fingerprint density at radius 2 is 1.85 bits per heavy atom. The fourth-order valence-electron chi connectivity index (χ4n) is 4.28. The smallest absolute Gasteiger partial charge is 0.267 e. The zero-order chi connectivity index (χ0) is 19.5. The molecule has 2 aromatic carbocycles. The molecule has 0 amide bonds. The number of benzene rings is 2. The zero-order valence-electron chi connectivity index (χ0n) is 15.0. The van der Waals surface area contributed by atoms with Gasteiger partial charge in [0.1, 0.15) is 4.90 Å². The molecule has 1 fully saturated rings. The highest BCUT2D eigenvalue weighted by molar-refractivity contribution is 7.93. The van der Waals surface area contributed by atoms with Crippen LogP contribution in [0.3, 0.4) is 0 Å². The Labute approximate surface area is 156 Å². The average Bonchev–Trinajstić information content (AvgIpc) is 2.93. The van der Waals surface area contributed by atoms with Crippen LogP contribution >= 0.6 is 0 Å². The molecule has 144 valence electrons. The van der Waals surface area contributed by atoms with Crippen LogP contribution in [0, 0.1) is 24.4 Å². The maximum Gasteiger partial charge on any atom is 0.267 e. The summed E-state index contributed by atoms with van der Waals surface area (Å²) < 4.78 is 69.1. The van der Waals surface area contributed by atoms with Crippen molar-refractivity contribution in [3.63, 3.8) is 0 Å². The number of hydrogen-bond donors (Lipinski definition) is 1. The van der Waals surface area contributed by atoms with Gasteiger partial charge in [0.2, 0.25) is 0 Å². The first-order valence-corrected chi connectivity index (χ1v) is 10.3. The fourth-order valence-corrected chi connectivity index (χ4v) is 6.08. The number of likely N-dealkylation sites (N-methyl/N-ethyl adjacent to an activating group) is 1. The summed E-state index contributed by atoms with van der Waals surface area (Å²) in [6.45, 7) is 3.47. The summed E-state index contributed by atoms with van der Waals surface area (Å²) in [5, 5.41) is 0. The van der Waals surface area contributed by atoms with Crippen LogP contribution in [0.5, 0.6) is 0 Å². The van der Waals surface area contributed by atoms with E-state index in [4.69, 9.17) is 0 Å². The predicted molar refractivity (Wildman–Crippen MR) is 94.9 cm³/mol.